The van der Waals surface area contributed by atoms with E-state index in [9.17, 15) is 9.59 Å². The fraction of sp³-hybridized carbons (Fsp3) is 0.478. The van der Waals surface area contributed by atoms with Gasteiger partial charge in [-0.15, -0.1) is 0 Å². The van der Waals surface area contributed by atoms with Crippen molar-refractivity contribution in [2.45, 2.75) is 32.2 Å². The van der Waals surface area contributed by atoms with Crippen molar-refractivity contribution in [2.75, 3.05) is 39.3 Å². The van der Waals surface area contributed by atoms with Crippen molar-refractivity contribution in [3.63, 3.8) is 0 Å². The van der Waals surface area contributed by atoms with E-state index >= 15 is 0 Å². The van der Waals surface area contributed by atoms with Gasteiger partial charge in [-0.25, -0.2) is 0 Å². The van der Waals surface area contributed by atoms with E-state index < -0.39 is 0 Å². The average molecular weight is 395 g/mol. The van der Waals surface area contributed by atoms with Gasteiger partial charge in [-0.2, -0.15) is 0 Å². The van der Waals surface area contributed by atoms with Crippen molar-refractivity contribution in [1.29, 1.82) is 0 Å². The lowest BCUT2D eigenvalue weighted by molar-refractivity contribution is -0.136. The lowest BCUT2D eigenvalue weighted by Gasteiger charge is -2.38. The summed E-state index contributed by atoms with van der Waals surface area (Å²) in [7, 11) is 0. The minimum atomic E-state index is 0.0692. The molecule has 0 aliphatic carbocycles. The zero-order valence-corrected chi connectivity index (χ0v) is 17.2. The molecule has 1 aromatic heterocycles. The highest BCUT2D eigenvalue weighted by atomic mass is 16.2. The van der Waals surface area contributed by atoms with E-state index in [0.29, 0.717) is 31.2 Å². The van der Waals surface area contributed by atoms with E-state index in [4.69, 9.17) is 0 Å². The van der Waals surface area contributed by atoms with E-state index in [1.54, 1.807) is 0 Å². The highest BCUT2D eigenvalue weighted by Crippen LogP contribution is 2.17. The molecule has 2 aliphatic rings. The van der Waals surface area contributed by atoms with Gasteiger partial charge in [0, 0.05) is 62.4 Å². The molecule has 2 aromatic rings. The van der Waals surface area contributed by atoms with Crippen LogP contribution < -0.4 is 0 Å². The number of likely N-dealkylation sites (tertiary alicyclic amines) is 1. The maximum Gasteiger partial charge on any atom is 0.253 e. The third-order valence-electron chi connectivity index (χ3n) is 6.16. The fourth-order valence-electron chi connectivity index (χ4n) is 4.33. The minimum Gasteiger partial charge on any atom is -0.339 e. The second-order valence-corrected chi connectivity index (χ2v) is 8.14. The summed E-state index contributed by atoms with van der Waals surface area (Å²) in [6, 6.07) is 12.1. The summed E-state index contributed by atoms with van der Waals surface area (Å²) in [5.74, 6) is 0.303. The Hall–Kier alpha value is -2.60. The molecule has 2 aliphatic heterocycles. The molecule has 2 amide bonds. The molecular weight excluding hydrogens is 364 g/mol. The van der Waals surface area contributed by atoms with Crippen molar-refractivity contribution < 1.29 is 9.59 Å². The predicted molar refractivity (Wildman–Crippen MR) is 113 cm³/mol. The molecule has 6 nitrogen and oxygen atoms in total. The second kappa shape index (κ2) is 8.82. The standard InChI is InChI=1S/C23H30N4O2/c1-19-6-2-3-13-27(19)22(28)18-24-14-16-26(17-15-24)23(29)20-7-9-21(10-8-20)25-11-4-5-12-25/h4-5,7-12,19H,2-3,6,13-18H2,1H3. The summed E-state index contributed by atoms with van der Waals surface area (Å²) in [5, 5.41) is 0. The molecule has 29 heavy (non-hydrogen) atoms. The van der Waals surface area contributed by atoms with Gasteiger partial charge in [0.05, 0.1) is 6.54 Å². The van der Waals surface area contributed by atoms with Crippen LogP contribution >= 0.6 is 0 Å². The first kappa shape index (κ1) is 19.7. The van der Waals surface area contributed by atoms with Gasteiger partial charge in [-0.1, -0.05) is 0 Å². The number of amides is 2. The van der Waals surface area contributed by atoms with Gasteiger partial charge in [-0.05, 0) is 62.6 Å². The van der Waals surface area contributed by atoms with Crippen molar-refractivity contribution in [3.8, 4) is 5.69 Å². The molecule has 0 bridgehead atoms. The van der Waals surface area contributed by atoms with E-state index in [0.717, 1.165) is 38.2 Å². The predicted octanol–water partition coefficient (Wildman–Crippen LogP) is 2.64. The van der Waals surface area contributed by atoms with E-state index in [1.807, 2.05) is 63.2 Å². The van der Waals surface area contributed by atoms with E-state index in [1.165, 1.54) is 6.42 Å². The normalized spacial score (nSPS) is 20.7. The molecule has 2 saturated heterocycles. The van der Waals surface area contributed by atoms with Crippen LogP contribution in [0.25, 0.3) is 5.69 Å². The SMILES string of the molecule is CC1CCCCN1C(=O)CN1CCN(C(=O)c2ccc(-n3cccc3)cc2)CC1. The quantitative estimate of drug-likeness (QED) is 0.801. The van der Waals surface area contributed by atoms with Crippen LogP contribution in [-0.2, 0) is 4.79 Å². The molecular formula is C23H30N4O2. The number of benzene rings is 1. The molecule has 3 heterocycles. The Kier molecular flexibility index (Phi) is 6.00. The summed E-state index contributed by atoms with van der Waals surface area (Å²) >= 11 is 0. The Morgan fingerprint density at radius 1 is 0.931 bits per heavy atom. The van der Waals surface area contributed by atoms with Crippen LogP contribution in [0.1, 0.15) is 36.5 Å². The number of piperidine rings is 1. The van der Waals surface area contributed by atoms with Crippen LogP contribution in [0.5, 0.6) is 0 Å². The number of carbonyl (C=O) groups excluding carboxylic acids is 2. The number of carbonyl (C=O) groups is 2. The molecule has 6 heteroatoms. The van der Waals surface area contributed by atoms with Gasteiger partial charge < -0.3 is 14.4 Å². The number of hydrogen-bond acceptors (Lipinski definition) is 3. The maximum atomic E-state index is 12.8. The average Bonchev–Trinajstić information content (AvgIpc) is 3.29. The topological polar surface area (TPSA) is 48.8 Å². The molecule has 0 saturated carbocycles. The zero-order chi connectivity index (χ0) is 20.2. The second-order valence-electron chi connectivity index (χ2n) is 8.14. The lowest BCUT2D eigenvalue weighted by atomic mass is 10.0. The third kappa shape index (κ3) is 4.53. The van der Waals surface area contributed by atoms with Gasteiger partial charge in [-0.3, -0.25) is 14.5 Å². The number of aromatic nitrogens is 1. The van der Waals surface area contributed by atoms with Crippen LogP contribution in [0.3, 0.4) is 0 Å². The van der Waals surface area contributed by atoms with Crippen molar-refractivity contribution >= 4 is 11.8 Å². The Balaban J connectivity index is 1.29. The van der Waals surface area contributed by atoms with Crippen LogP contribution in [0.15, 0.2) is 48.8 Å². The molecule has 4 rings (SSSR count). The number of hydrogen-bond donors (Lipinski definition) is 0. The molecule has 0 radical (unpaired) electrons. The Labute approximate surface area is 172 Å². The largest absolute Gasteiger partial charge is 0.339 e. The monoisotopic (exact) mass is 394 g/mol. The van der Waals surface area contributed by atoms with Crippen LogP contribution in [0.4, 0.5) is 0 Å². The summed E-state index contributed by atoms with van der Waals surface area (Å²) in [4.78, 5) is 31.6. The number of nitrogens with zero attached hydrogens (tertiary/aromatic N) is 4. The Bertz CT molecular complexity index is 823. The lowest BCUT2D eigenvalue weighted by Crippen LogP contribution is -2.53. The molecule has 1 aromatic carbocycles. The summed E-state index contributed by atoms with van der Waals surface area (Å²) in [6.07, 6.45) is 7.42. The molecule has 0 spiro atoms. The number of piperazine rings is 1. The summed E-state index contributed by atoms with van der Waals surface area (Å²) in [6.45, 7) is 6.34. The van der Waals surface area contributed by atoms with Gasteiger partial charge >= 0.3 is 0 Å². The molecule has 2 fully saturated rings. The first-order chi connectivity index (χ1) is 14.1. The van der Waals surface area contributed by atoms with Crippen molar-refractivity contribution in [3.05, 3.63) is 54.4 Å². The molecule has 0 N–H and O–H groups in total. The fourth-order valence-corrected chi connectivity index (χ4v) is 4.33. The van der Waals surface area contributed by atoms with Crippen LogP contribution in [0, 0.1) is 0 Å². The van der Waals surface area contributed by atoms with Gasteiger partial charge in [0.1, 0.15) is 0 Å². The zero-order valence-electron chi connectivity index (χ0n) is 17.2. The van der Waals surface area contributed by atoms with E-state index in [-0.39, 0.29) is 11.8 Å². The van der Waals surface area contributed by atoms with Gasteiger partial charge in [0.25, 0.3) is 5.91 Å². The highest BCUT2D eigenvalue weighted by molar-refractivity contribution is 5.94. The van der Waals surface area contributed by atoms with E-state index in [2.05, 4.69) is 11.8 Å². The summed E-state index contributed by atoms with van der Waals surface area (Å²) < 4.78 is 2.02. The third-order valence-corrected chi connectivity index (χ3v) is 6.16. The van der Waals surface area contributed by atoms with Crippen LogP contribution in [-0.4, -0.2) is 76.4 Å². The molecule has 1 atom stereocenters. The van der Waals surface area contributed by atoms with Crippen molar-refractivity contribution in [2.24, 2.45) is 0 Å². The summed E-state index contributed by atoms with van der Waals surface area (Å²) in [5.41, 5.74) is 1.76. The van der Waals surface area contributed by atoms with Gasteiger partial charge in [0.15, 0.2) is 0 Å². The van der Waals surface area contributed by atoms with Gasteiger partial charge in [0.2, 0.25) is 5.91 Å². The highest BCUT2D eigenvalue weighted by Gasteiger charge is 2.27. The first-order valence-electron chi connectivity index (χ1n) is 10.7. The first-order valence-corrected chi connectivity index (χ1v) is 10.7. The van der Waals surface area contributed by atoms with Crippen LogP contribution in [0.2, 0.25) is 0 Å². The van der Waals surface area contributed by atoms with Crippen molar-refractivity contribution in [1.82, 2.24) is 19.3 Å². The smallest absolute Gasteiger partial charge is 0.253 e. The Morgan fingerprint density at radius 2 is 1.62 bits per heavy atom. The maximum absolute atomic E-state index is 12.8. The Morgan fingerprint density at radius 3 is 2.28 bits per heavy atom. The molecule has 1 unspecified atom stereocenters. The number of rotatable bonds is 4. The molecule has 154 valence electrons. The minimum absolute atomic E-state index is 0.0692.